The van der Waals surface area contributed by atoms with Gasteiger partial charge in [-0.05, 0) is 23.3 Å². The molecule has 0 unspecified atom stereocenters. The van der Waals surface area contributed by atoms with E-state index in [1.807, 2.05) is 18.2 Å². The molecule has 0 heterocycles. The van der Waals surface area contributed by atoms with Gasteiger partial charge >= 0.3 is 0 Å². The maximum atomic E-state index is 5.57. The Morgan fingerprint density at radius 1 is 1.25 bits per heavy atom. The molecule has 1 aromatic rings. The lowest BCUT2D eigenvalue weighted by atomic mass is 10.1. The number of nitrogens with two attached hydrogens (primary N) is 1. The zero-order chi connectivity index (χ0) is 12.0. The minimum absolute atomic E-state index is 0.461. The Morgan fingerprint density at radius 2 is 1.81 bits per heavy atom. The van der Waals surface area contributed by atoms with Crippen LogP contribution in [0.4, 0.5) is 0 Å². The first-order valence-corrected chi connectivity index (χ1v) is 5.03. The SMILES string of the molecule is C=C=C(CN)Cc1cc(OC)cc(OC)c1. The highest BCUT2D eigenvalue weighted by Gasteiger charge is 2.03. The van der Waals surface area contributed by atoms with Crippen molar-refractivity contribution >= 4 is 0 Å². The Hall–Kier alpha value is -1.70. The van der Waals surface area contributed by atoms with Crippen molar-refractivity contribution in [2.24, 2.45) is 5.73 Å². The van der Waals surface area contributed by atoms with Gasteiger partial charge in [-0.3, -0.25) is 0 Å². The maximum Gasteiger partial charge on any atom is 0.122 e. The molecule has 0 atom stereocenters. The number of hydrogen-bond acceptors (Lipinski definition) is 3. The molecule has 1 aromatic carbocycles. The number of benzene rings is 1. The van der Waals surface area contributed by atoms with Crippen LogP contribution in [0.5, 0.6) is 11.5 Å². The van der Waals surface area contributed by atoms with E-state index in [0.717, 1.165) is 22.6 Å². The molecule has 0 spiro atoms. The van der Waals surface area contributed by atoms with Crippen LogP contribution in [0, 0.1) is 0 Å². The monoisotopic (exact) mass is 219 g/mol. The van der Waals surface area contributed by atoms with Gasteiger partial charge in [0.1, 0.15) is 11.5 Å². The number of hydrogen-bond donors (Lipinski definition) is 1. The van der Waals surface area contributed by atoms with Crippen LogP contribution < -0.4 is 15.2 Å². The second-order valence-electron chi connectivity index (χ2n) is 3.38. The lowest BCUT2D eigenvalue weighted by Crippen LogP contribution is -2.05. The van der Waals surface area contributed by atoms with Crippen LogP contribution in [0.25, 0.3) is 0 Å². The van der Waals surface area contributed by atoms with Gasteiger partial charge in [-0.1, -0.05) is 6.58 Å². The fourth-order valence-corrected chi connectivity index (χ4v) is 1.42. The molecule has 86 valence electrons. The Bertz CT molecular complexity index is 384. The topological polar surface area (TPSA) is 44.5 Å². The summed E-state index contributed by atoms with van der Waals surface area (Å²) in [6.07, 6.45) is 0.716. The van der Waals surface area contributed by atoms with E-state index >= 15 is 0 Å². The summed E-state index contributed by atoms with van der Waals surface area (Å²) in [5.41, 5.74) is 10.4. The highest BCUT2D eigenvalue weighted by molar-refractivity contribution is 5.40. The fraction of sp³-hybridized carbons (Fsp3) is 0.308. The molecule has 0 radical (unpaired) electrons. The smallest absolute Gasteiger partial charge is 0.122 e. The van der Waals surface area contributed by atoms with E-state index in [0.29, 0.717) is 13.0 Å². The van der Waals surface area contributed by atoms with E-state index in [1.54, 1.807) is 14.2 Å². The quantitative estimate of drug-likeness (QED) is 0.769. The third kappa shape index (κ3) is 3.16. The van der Waals surface area contributed by atoms with Crippen molar-refractivity contribution in [1.29, 1.82) is 0 Å². The molecule has 16 heavy (non-hydrogen) atoms. The summed E-state index contributed by atoms with van der Waals surface area (Å²) in [6, 6.07) is 5.74. The van der Waals surface area contributed by atoms with Crippen molar-refractivity contribution < 1.29 is 9.47 Å². The zero-order valence-corrected chi connectivity index (χ0v) is 9.75. The Balaban J connectivity index is 2.99. The van der Waals surface area contributed by atoms with Gasteiger partial charge in [0.2, 0.25) is 0 Å². The molecule has 0 bridgehead atoms. The lowest BCUT2D eigenvalue weighted by Gasteiger charge is -2.08. The minimum atomic E-state index is 0.461. The van der Waals surface area contributed by atoms with Crippen molar-refractivity contribution in [2.45, 2.75) is 6.42 Å². The van der Waals surface area contributed by atoms with Crippen molar-refractivity contribution in [3.63, 3.8) is 0 Å². The highest BCUT2D eigenvalue weighted by Crippen LogP contribution is 2.23. The van der Waals surface area contributed by atoms with E-state index in [1.165, 1.54) is 0 Å². The average molecular weight is 219 g/mol. The molecule has 0 aliphatic heterocycles. The lowest BCUT2D eigenvalue weighted by molar-refractivity contribution is 0.393. The van der Waals surface area contributed by atoms with Gasteiger partial charge < -0.3 is 15.2 Å². The molecule has 3 nitrogen and oxygen atoms in total. The Labute approximate surface area is 96.2 Å². The second-order valence-corrected chi connectivity index (χ2v) is 3.38. The molecule has 0 aliphatic carbocycles. The molecule has 0 aliphatic rings. The van der Waals surface area contributed by atoms with E-state index < -0.39 is 0 Å². The molecule has 0 amide bonds. The molecule has 0 saturated heterocycles. The van der Waals surface area contributed by atoms with Crippen LogP contribution >= 0.6 is 0 Å². The van der Waals surface area contributed by atoms with Crippen LogP contribution in [-0.2, 0) is 6.42 Å². The summed E-state index contributed by atoms with van der Waals surface area (Å²) >= 11 is 0. The van der Waals surface area contributed by atoms with Gasteiger partial charge in [0.15, 0.2) is 0 Å². The third-order valence-corrected chi connectivity index (χ3v) is 2.33. The first kappa shape index (κ1) is 12.4. The van der Waals surface area contributed by atoms with E-state index in [2.05, 4.69) is 12.3 Å². The van der Waals surface area contributed by atoms with Crippen molar-refractivity contribution in [3.8, 4) is 11.5 Å². The van der Waals surface area contributed by atoms with Crippen molar-refractivity contribution in [2.75, 3.05) is 20.8 Å². The average Bonchev–Trinajstić information content (AvgIpc) is 2.35. The molecular formula is C13H17NO2. The zero-order valence-electron chi connectivity index (χ0n) is 9.75. The number of ether oxygens (including phenoxy) is 2. The molecule has 3 heteroatoms. The fourth-order valence-electron chi connectivity index (χ4n) is 1.42. The van der Waals surface area contributed by atoms with Crippen LogP contribution in [0.2, 0.25) is 0 Å². The maximum absolute atomic E-state index is 5.57. The predicted molar refractivity (Wildman–Crippen MR) is 65.0 cm³/mol. The summed E-state index contributed by atoms with van der Waals surface area (Å²) < 4.78 is 10.4. The van der Waals surface area contributed by atoms with E-state index in [9.17, 15) is 0 Å². The van der Waals surface area contributed by atoms with Crippen molar-refractivity contribution in [3.05, 3.63) is 41.6 Å². The summed E-state index contributed by atoms with van der Waals surface area (Å²) in [4.78, 5) is 0. The van der Waals surface area contributed by atoms with Gasteiger partial charge in [0.25, 0.3) is 0 Å². The largest absolute Gasteiger partial charge is 0.497 e. The molecule has 1 rings (SSSR count). The first-order valence-electron chi connectivity index (χ1n) is 5.03. The summed E-state index contributed by atoms with van der Waals surface area (Å²) in [6.45, 7) is 4.07. The third-order valence-electron chi connectivity index (χ3n) is 2.33. The normalized spacial score (nSPS) is 9.44. The Kier molecular flexibility index (Phi) is 4.65. The standard InChI is InChI=1S/C13H17NO2/c1-4-10(9-14)5-11-6-12(15-2)8-13(7-11)16-3/h6-8H,1,5,9,14H2,2-3H3. The first-order chi connectivity index (χ1) is 7.73. The molecular weight excluding hydrogens is 202 g/mol. The number of methoxy groups -OCH3 is 2. The minimum Gasteiger partial charge on any atom is -0.497 e. The van der Waals surface area contributed by atoms with Crippen LogP contribution in [0.15, 0.2) is 36.1 Å². The van der Waals surface area contributed by atoms with Crippen LogP contribution in [0.3, 0.4) is 0 Å². The molecule has 0 saturated carbocycles. The molecule has 0 aromatic heterocycles. The predicted octanol–water partition coefficient (Wildman–Crippen LogP) is 1.92. The second kappa shape index (κ2) is 6.01. The van der Waals surface area contributed by atoms with Gasteiger partial charge in [-0.15, -0.1) is 5.73 Å². The van der Waals surface area contributed by atoms with Crippen molar-refractivity contribution in [1.82, 2.24) is 0 Å². The van der Waals surface area contributed by atoms with Gasteiger partial charge in [0, 0.05) is 19.0 Å². The van der Waals surface area contributed by atoms with Gasteiger partial charge in [-0.25, -0.2) is 0 Å². The Morgan fingerprint density at radius 3 is 2.19 bits per heavy atom. The van der Waals surface area contributed by atoms with Crippen LogP contribution in [0.1, 0.15) is 5.56 Å². The van der Waals surface area contributed by atoms with E-state index in [-0.39, 0.29) is 0 Å². The molecule has 2 N–H and O–H groups in total. The summed E-state index contributed by atoms with van der Waals surface area (Å²) in [5.74, 6) is 1.55. The number of rotatable bonds is 5. The van der Waals surface area contributed by atoms with E-state index in [4.69, 9.17) is 15.2 Å². The summed E-state index contributed by atoms with van der Waals surface area (Å²) in [7, 11) is 3.26. The van der Waals surface area contributed by atoms with Crippen LogP contribution in [-0.4, -0.2) is 20.8 Å². The summed E-state index contributed by atoms with van der Waals surface area (Å²) in [5, 5.41) is 0. The molecule has 0 fully saturated rings. The van der Waals surface area contributed by atoms with Gasteiger partial charge in [0.05, 0.1) is 14.2 Å². The van der Waals surface area contributed by atoms with Gasteiger partial charge in [-0.2, -0.15) is 0 Å². The highest BCUT2D eigenvalue weighted by atomic mass is 16.5.